The maximum atomic E-state index is 10.4. The Labute approximate surface area is 62.4 Å². The molecule has 0 saturated carbocycles. The Balaban J connectivity index is 2.98. The second-order valence-electron chi connectivity index (χ2n) is 2.68. The number of carbonyl (C=O) groups is 1. The highest BCUT2D eigenvalue weighted by Gasteiger charge is 1.91. The number of ketones is 1. The molecule has 0 aliphatic heterocycles. The van der Waals surface area contributed by atoms with Crippen LogP contribution in [0.5, 0.6) is 0 Å². The van der Waals surface area contributed by atoms with Crippen LogP contribution in [-0.2, 0) is 4.79 Å². The van der Waals surface area contributed by atoms with Crippen LogP contribution in [0.4, 0.5) is 0 Å². The van der Waals surface area contributed by atoms with Gasteiger partial charge in [0.25, 0.3) is 0 Å². The van der Waals surface area contributed by atoms with E-state index in [1.165, 1.54) is 0 Å². The third kappa shape index (κ3) is 7.59. The number of likely N-dealkylation sites (N-methyl/N-ethyl adjacent to an activating group) is 1. The first-order valence-electron chi connectivity index (χ1n) is 3.48. The first-order valence-corrected chi connectivity index (χ1v) is 3.48. The van der Waals surface area contributed by atoms with Crippen LogP contribution in [0.2, 0.25) is 0 Å². The second-order valence-corrected chi connectivity index (χ2v) is 2.68. The van der Waals surface area contributed by atoms with Crippen molar-refractivity contribution in [3.8, 4) is 0 Å². The van der Waals surface area contributed by atoms with Gasteiger partial charge in [-0.1, -0.05) is 0 Å². The molecule has 0 aromatic carbocycles. The topological polar surface area (TPSA) is 32.3 Å². The smallest absolute Gasteiger partial charge is 0.143 e. The van der Waals surface area contributed by atoms with Gasteiger partial charge in [-0.25, -0.2) is 0 Å². The molecule has 0 aromatic rings. The molecule has 1 N–H and O–H groups in total. The van der Waals surface area contributed by atoms with E-state index in [0.29, 0.717) is 6.54 Å². The molecular formula is C7H16N2O. The van der Waals surface area contributed by atoms with E-state index in [9.17, 15) is 4.79 Å². The molecule has 0 spiro atoms. The molecule has 0 aromatic heterocycles. The summed E-state index contributed by atoms with van der Waals surface area (Å²) in [6, 6.07) is 0. The summed E-state index contributed by atoms with van der Waals surface area (Å²) in [4.78, 5) is 12.5. The summed E-state index contributed by atoms with van der Waals surface area (Å²) >= 11 is 0. The van der Waals surface area contributed by atoms with Gasteiger partial charge >= 0.3 is 0 Å². The van der Waals surface area contributed by atoms with Crippen molar-refractivity contribution < 1.29 is 4.79 Å². The van der Waals surface area contributed by atoms with Crippen LogP contribution in [0.3, 0.4) is 0 Å². The van der Waals surface area contributed by atoms with E-state index in [1.807, 2.05) is 14.1 Å². The molecule has 0 radical (unpaired) electrons. The van der Waals surface area contributed by atoms with Gasteiger partial charge in [-0.2, -0.15) is 0 Å². The maximum absolute atomic E-state index is 10.4. The molecule has 0 aliphatic carbocycles. The Morgan fingerprint density at radius 1 is 1.50 bits per heavy atom. The van der Waals surface area contributed by atoms with Crippen LogP contribution in [0.25, 0.3) is 0 Å². The highest BCUT2D eigenvalue weighted by molar-refractivity contribution is 5.77. The fourth-order valence-corrected chi connectivity index (χ4v) is 0.567. The second kappa shape index (κ2) is 5.38. The Bertz CT molecular complexity index is 102. The van der Waals surface area contributed by atoms with Crippen LogP contribution in [-0.4, -0.2) is 44.4 Å². The lowest BCUT2D eigenvalue weighted by atomic mass is 10.4. The lowest BCUT2D eigenvalue weighted by molar-refractivity contribution is -0.116. The normalized spacial score (nSPS) is 10.4. The van der Waals surface area contributed by atoms with Crippen molar-refractivity contribution in [1.82, 2.24) is 10.2 Å². The Morgan fingerprint density at radius 3 is 2.50 bits per heavy atom. The van der Waals surface area contributed by atoms with E-state index in [-0.39, 0.29) is 5.78 Å². The van der Waals surface area contributed by atoms with Crippen molar-refractivity contribution >= 4 is 5.78 Å². The quantitative estimate of drug-likeness (QED) is 0.539. The van der Waals surface area contributed by atoms with Gasteiger partial charge in [-0.05, 0) is 21.0 Å². The molecule has 3 heteroatoms. The molecule has 0 fully saturated rings. The van der Waals surface area contributed by atoms with Crippen LogP contribution in [0.1, 0.15) is 6.92 Å². The van der Waals surface area contributed by atoms with Crippen LogP contribution >= 0.6 is 0 Å². The summed E-state index contributed by atoms with van der Waals surface area (Å²) in [6.07, 6.45) is 0. The summed E-state index contributed by atoms with van der Waals surface area (Å²) < 4.78 is 0. The first kappa shape index (κ1) is 9.59. The molecule has 10 heavy (non-hydrogen) atoms. The van der Waals surface area contributed by atoms with Gasteiger partial charge in [0.2, 0.25) is 0 Å². The average Bonchev–Trinajstić information content (AvgIpc) is 1.79. The van der Waals surface area contributed by atoms with Crippen molar-refractivity contribution in [2.45, 2.75) is 6.92 Å². The molecule has 3 nitrogen and oxygen atoms in total. The Kier molecular flexibility index (Phi) is 5.16. The predicted molar refractivity (Wildman–Crippen MR) is 42.1 cm³/mol. The van der Waals surface area contributed by atoms with Gasteiger partial charge in [-0.3, -0.25) is 4.79 Å². The highest BCUT2D eigenvalue weighted by atomic mass is 16.1. The summed E-state index contributed by atoms with van der Waals surface area (Å²) in [5.41, 5.74) is 0. The third-order valence-corrected chi connectivity index (χ3v) is 1.11. The number of Topliss-reactive ketones (excluding diaryl/α,β-unsaturated/α-hetero) is 1. The molecule has 0 unspecified atom stereocenters. The van der Waals surface area contributed by atoms with Crippen LogP contribution < -0.4 is 5.32 Å². The predicted octanol–water partition coefficient (Wildman–Crippen LogP) is -0.273. The minimum atomic E-state index is 0.193. The van der Waals surface area contributed by atoms with E-state index >= 15 is 0 Å². The monoisotopic (exact) mass is 144 g/mol. The number of nitrogens with one attached hydrogen (secondary N) is 1. The molecule has 0 aliphatic rings. The minimum absolute atomic E-state index is 0.193. The van der Waals surface area contributed by atoms with Crippen molar-refractivity contribution in [3.63, 3.8) is 0 Å². The van der Waals surface area contributed by atoms with Crippen LogP contribution in [0, 0.1) is 0 Å². The summed E-state index contributed by atoms with van der Waals surface area (Å²) in [6.45, 7) is 3.94. The number of rotatable bonds is 5. The average molecular weight is 144 g/mol. The van der Waals surface area contributed by atoms with Crippen molar-refractivity contribution in [3.05, 3.63) is 0 Å². The van der Waals surface area contributed by atoms with Gasteiger partial charge in [0.1, 0.15) is 5.78 Å². The van der Waals surface area contributed by atoms with Gasteiger partial charge < -0.3 is 10.2 Å². The van der Waals surface area contributed by atoms with Gasteiger partial charge in [0.05, 0.1) is 6.54 Å². The summed E-state index contributed by atoms with van der Waals surface area (Å²) in [5, 5.41) is 3.02. The number of hydrogen-bond acceptors (Lipinski definition) is 3. The van der Waals surface area contributed by atoms with E-state index < -0.39 is 0 Å². The van der Waals surface area contributed by atoms with E-state index in [2.05, 4.69) is 10.2 Å². The lowest BCUT2D eigenvalue weighted by Gasteiger charge is -2.08. The van der Waals surface area contributed by atoms with Crippen molar-refractivity contribution in [2.75, 3.05) is 33.7 Å². The standard InChI is InChI=1S/C7H16N2O/c1-7(10)6-8-4-5-9(2)3/h8H,4-6H2,1-3H3. The molecular weight excluding hydrogens is 128 g/mol. The molecule has 0 rings (SSSR count). The molecule has 0 heterocycles. The number of nitrogens with zero attached hydrogens (tertiary/aromatic N) is 1. The van der Waals surface area contributed by atoms with E-state index in [4.69, 9.17) is 0 Å². The maximum Gasteiger partial charge on any atom is 0.143 e. The Morgan fingerprint density at radius 2 is 2.10 bits per heavy atom. The fourth-order valence-electron chi connectivity index (χ4n) is 0.567. The van der Waals surface area contributed by atoms with Gasteiger partial charge in [0, 0.05) is 13.1 Å². The fraction of sp³-hybridized carbons (Fsp3) is 0.857. The highest BCUT2D eigenvalue weighted by Crippen LogP contribution is 1.70. The number of carbonyl (C=O) groups excluding carboxylic acids is 1. The zero-order valence-electron chi connectivity index (χ0n) is 6.98. The van der Waals surface area contributed by atoms with Crippen molar-refractivity contribution in [2.24, 2.45) is 0 Å². The molecule has 60 valence electrons. The largest absolute Gasteiger partial charge is 0.309 e. The number of hydrogen-bond donors (Lipinski definition) is 1. The Hall–Kier alpha value is -0.410. The van der Waals surface area contributed by atoms with Gasteiger partial charge in [0.15, 0.2) is 0 Å². The summed E-state index contributed by atoms with van der Waals surface area (Å²) in [5.74, 6) is 0.193. The first-order chi connectivity index (χ1) is 4.63. The van der Waals surface area contributed by atoms with E-state index in [1.54, 1.807) is 6.92 Å². The SMILES string of the molecule is CC(=O)CNCCN(C)C. The zero-order valence-corrected chi connectivity index (χ0v) is 6.98. The van der Waals surface area contributed by atoms with Crippen LogP contribution in [0.15, 0.2) is 0 Å². The lowest BCUT2D eigenvalue weighted by Crippen LogP contribution is -2.29. The molecule has 0 bridgehead atoms. The molecule has 0 amide bonds. The third-order valence-electron chi connectivity index (χ3n) is 1.11. The van der Waals surface area contributed by atoms with Gasteiger partial charge in [-0.15, -0.1) is 0 Å². The van der Waals surface area contributed by atoms with E-state index in [0.717, 1.165) is 13.1 Å². The molecule has 0 atom stereocenters. The molecule has 0 saturated heterocycles. The summed E-state index contributed by atoms with van der Waals surface area (Å²) in [7, 11) is 4.02. The van der Waals surface area contributed by atoms with Crippen molar-refractivity contribution in [1.29, 1.82) is 0 Å². The zero-order chi connectivity index (χ0) is 7.98. The minimum Gasteiger partial charge on any atom is -0.309 e.